The van der Waals surface area contributed by atoms with Crippen molar-refractivity contribution >= 4 is 23.2 Å². The molecule has 250 valence electrons. The average molecular weight is 691 g/mol. The van der Waals surface area contributed by atoms with Gasteiger partial charge in [0, 0.05) is 21.2 Å². The summed E-state index contributed by atoms with van der Waals surface area (Å²) in [5, 5.41) is -0.444. The molecule has 0 N–H and O–H groups in total. The maximum atomic E-state index is 14.9. The minimum Gasteiger partial charge on any atom is -0.194 e. The minimum atomic E-state index is -7.69. The molecule has 0 atom stereocenters. The highest BCUT2D eigenvalue weighted by molar-refractivity contribution is 6.31. The Bertz CT molecular complexity index is 1150. The molecule has 2 aromatic rings. The quantitative estimate of drug-likeness (QED) is 0.114. The largest absolute Gasteiger partial charge is 0.385 e. The molecule has 0 spiro atoms. The Labute approximate surface area is 258 Å². The van der Waals surface area contributed by atoms with Crippen LogP contribution in [0.2, 0.25) is 10.0 Å². The molecule has 0 radical (unpaired) electrons. The van der Waals surface area contributed by atoms with Crippen LogP contribution in [0.25, 0.3) is 0 Å². The second-order valence-corrected chi connectivity index (χ2v) is 11.5. The van der Waals surface area contributed by atoms with Gasteiger partial charge in [0.1, 0.15) is 0 Å². The number of halogens is 14. The third-order valence-corrected chi connectivity index (χ3v) is 8.13. The molecule has 2 rings (SSSR count). The molecule has 0 bridgehead atoms. The van der Waals surface area contributed by atoms with Crippen molar-refractivity contribution in [3.8, 4) is 0 Å². The van der Waals surface area contributed by atoms with E-state index in [-0.39, 0.29) is 58.3 Å². The van der Waals surface area contributed by atoms with Crippen LogP contribution in [0.3, 0.4) is 0 Å². The smallest absolute Gasteiger partial charge is 0.194 e. The maximum Gasteiger partial charge on any atom is 0.385 e. The van der Waals surface area contributed by atoms with Crippen LogP contribution < -0.4 is 0 Å². The lowest BCUT2D eigenvalue weighted by Gasteiger charge is -2.41. The summed E-state index contributed by atoms with van der Waals surface area (Å²) < 4.78 is 178. The average Bonchev–Trinajstić information content (AvgIpc) is 2.94. The van der Waals surface area contributed by atoms with E-state index < -0.39 is 46.7 Å². The second kappa shape index (κ2) is 14.3. The summed E-state index contributed by atoms with van der Waals surface area (Å²) in [4.78, 5) is 0. The van der Waals surface area contributed by atoms with E-state index in [1.165, 1.54) is 0 Å². The van der Waals surface area contributed by atoms with Crippen LogP contribution >= 0.6 is 23.2 Å². The third-order valence-electron chi connectivity index (χ3n) is 7.39. The first-order valence-electron chi connectivity index (χ1n) is 14.0. The zero-order chi connectivity index (χ0) is 33.8. The predicted molar refractivity (Wildman–Crippen MR) is 146 cm³/mol. The molecule has 0 amide bonds. The van der Waals surface area contributed by atoms with Crippen molar-refractivity contribution < 1.29 is 52.7 Å². The van der Waals surface area contributed by atoms with Crippen molar-refractivity contribution in [2.45, 2.75) is 114 Å². The Morgan fingerprint density at radius 2 is 0.773 bits per heavy atom. The van der Waals surface area contributed by atoms with Gasteiger partial charge in [-0.05, 0) is 61.1 Å². The van der Waals surface area contributed by atoms with Gasteiger partial charge in [0.2, 0.25) is 0 Å². The van der Waals surface area contributed by atoms with Gasteiger partial charge in [0.15, 0.2) is 0 Å². The van der Waals surface area contributed by atoms with E-state index in [4.69, 9.17) is 23.2 Å². The normalized spacial score (nSPS) is 13.9. The molecule has 0 saturated carbocycles. The molecule has 0 aliphatic carbocycles. The van der Waals surface area contributed by atoms with Crippen LogP contribution in [0.1, 0.15) is 87.5 Å². The van der Waals surface area contributed by atoms with Crippen molar-refractivity contribution in [1.82, 2.24) is 0 Å². The SMILES string of the molecule is CCCCCCc1cc(C(F)(F)C(F)(F)C(F)(F)C(F)(F)C(F)(F)C(F)(F)c2ccc(Cl)c(CCCCCC)c2)ccc1Cl. The van der Waals surface area contributed by atoms with E-state index in [1.54, 1.807) is 0 Å². The number of unbranched alkanes of at least 4 members (excludes halogenated alkanes) is 6. The Morgan fingerprint density at radius 3 is 1.07 bits per heavy atom. The standard InChI is InChI=1S/C30H32Cl2F12/c1-3-5-7-9-11-19-17-21(13-15-23(19)31)25(33,34)27(37,38)29(41,42)30(43,44)28(39,40)26(35,36)22-14-16-24(32)20(18-22)12-10-8-6-4-2/h13-18H,3-12H2,1-2H3. The molecule has 0 fully saturated rings. The van der Waals surface area contributed by atoms with Gasteiger partial charge in [-0.2, -0.15) is 52.7 Å². The van der Waals surface area contributed by atoms with E-state index in [0.29, 0.717) is 50.7 Å². The van der Waals surface area contributed by atoms with Crippen LogP contribution in [0.4, 0.5) is 52.7 Å². The molecule has 2 aromatic carbocycles. The van der Waals surface area contributed by atoms with Gasteiger partial charge >= 0.3 is 35.5 Å². The van der Waals surface area contributed by atoms with Crippen LogP contribution in [0.15, 0.2) is 36.4 Å². The number of benzene rings is 2. The monoisotopic (exact) mass is 690 g/mol. The van der Waals surface area contributed by atoms with Crippen molar-refractivity contribution in [2.24, 2.45) is 0 Å². The Balaban J connectivity index is 2.51. The summed E-state index contributed by atoms with van der Waals surface area (Å²) in [6.07, 6.45) is 4.56. The molecule has 0 unspecified atom stereocenters. The zero-order valence-electron chi connectivity index (χ0n) is 23.8. The van der Waals surface area contributed by atoms with Gasteiger partial charge in [-0.25, -0.2) is 0 Å². The van der Waals surface area contributed by atoms with E-state index in [2.05, 4.69) is 0 Å². The Kier molecular flexibility index (Phi) is 12.5. The fraction of sp³-hybridized carbons (Fsp3) is 0.600. The molecule has 0 aliphatic rings. The summed E-state index contributed by atoms with van der Waals surface area (Å²) in [5.41, 5.74) is -4.30. The van der Waals surface area contributed by atoms with Crippen LogP contribution in [0, 0.1) is 0 Å². The summed E-state index contributed by atoms with van der Waals surface area (Å²) >= 11 is 11.8. The lowest BCUT2D eigenvalue weighted by atomic mass is 9.86. The lowest BCUT2D eigenvalue weighted by molar-refractivity contribution is -0.429. The molecule has 0 heterocycles. The zero-order valence-corrected chi connectivity index (χ0v) is 25.3. The highest BCUT2D eigenvalue weighted by atomic mass is 35.5. The predicted octanol–water partition coefficient (Wildman–Crippen LogP) is 12.7. The Hall–Kier alpha value is -1.82. The van der Waals surface area contributed by atoms with Gasteiger partial charge in [-0.15, -0.1) is 0 Å². The molecule has 0 aromatic heterocycles. The molecular weight excluding hydrogens is 659 g/mol. The van der Waals surface area contributed by atoms with Gasteiger partial charge in [-0.3, -0.25) is 0 Å². The molecular formula is C30H32Cl2F12. The van der Waals surface area contributed by atoms with E-state index in [0.717, 1.165) is 12.8 Å². The molecule has 0 nitrogen and oxygen atoms in total. The van der Waals surface area contributed by atoms with Crippen molar-refractivity contribution in [3.63, 3.8) is 0 Å². The van der Waals surface area contributed by atoms with Gasteiger partial charge < -0.3 is 0 Å². The van der Waals surface area contributed by atoms with Crippen LogP contribution in [-0.4, -0.2) is 23.7 Å². The minimum absolute atomic E-state index is 0.0765. The molecule has 0 aliphatic heterocycles. The molecule has 14 heteroatoms. The van der Waals surface area contributed by atoms with Crippen molar-refractivity contribution in [1.29, 1.82) is 0 Å². The first-order valence-corrected chi connectivity index (χ1v) is 14.7. The van der Waals surface area contributed by atoms with E-state index in [9.17, 15) is 52.7 Å². The number of hydrogen-bond donors (Lipinski definition) is 0. The highest BCUT2D eigenvalue weighted by Gasteiger charge is 2.90. The third kappa shape index (κ3) is 7.10. The number of rotatable bonds is 17. The first kappa shape index (κ1) is 38.4. The van der Waals surface area contributed by atoms with Crippen molar-refractivity contribution in [2.75, 3.05) is 0 Å². The van der Waals surface area contributed by atoms with E-state index in [1.807, 2.05) is 13.8 Å². The second-order valence-electron chi connectivity index (χ2n) is 10.7. The number of aryl methyl sites for hydroxylation is 2. The summed E-state index contributed by atoms with van der Waals surface area (Å²) in [6, 6.07) is 2.10. The van der Waals surface area contributed by atoms with Gasteiger partial charge in [0.05, 0.1) is 0 Å². The van der Waals surface area contributed by atoms with Crippen LogP contribution in [-0.2, 0) is 24.7 Å². The molecule has 0 saturated heterocycles. The van der Waals surface area contributed by atoms with Gasteiger partial charge in [0.25, 0.3) is 0 Å². The fourth-order valence-corrected chi connectivity index (χ4v) is 4.98. The molecule has 44 heavy (non-hydrogen) atoms. The topological polar surface area (TPSA) is 0 Å². The van der Waals surface area contributed by atoms with Crippen LogP contribution in [0.5, 0.6) is 0 Å². The number of hydrogen-bond acceptors (Lipinski definition) is 0. The first-order chi connectivity index (χ1) is 20.1. The lowest BCUT2D eigenvalue weighted by Crippen LogP contribution is -2.69. The summed E-state index contributed by atoms with van der Waals surface area (Å²) in [7, 11) is 0. The highest BCUT2D eigenvalue weighted by Crippen LogP contribution is 2.63. The van der Waals surface area contributed by atoms with E-state index >= 15 is 0 Å². The Morgan fingerprint density at radius 1 is 0.455 bits per heavy atom. The summed E-state index contributed by atoms with van der Waals surface area (Å²) in [5.74, 6) is -42.4. The maximum absolute atomic E-state index is 14.9. The number of alkyl halides is 12. The van der Waals surface area contributed by atoms with Gasteiger partial charge in [-0.1, -0.05) is 87.7 Å². The van der Waals surface area contributed by atoms with Crippen molar-refractivity contribution in [3.05, 3.63) is 68.7 Å². The summed E-state index contributed by atoms with van der Waals surface area (Å²) in [6.45, 7) is 3.71. The fourth-order valence-electron chi connectivity index (χ4n) is 4.56.